The predicted molar refractivity (Wildman–Crippen MR) is 94.3 cm³/mol. The highest BCUT2D eigenvalue weighted by molar-refractivity contribution is 5.89. The van der Waals surface area contributed by atoms with Crippen molar-refractivity contribution in [3.05, 3.63) is 58.7 Å². The number of benzene rings is 1. The molecule has 1 unspecified atom stereocenters. The Morgan fingerprint density at radius 1 is 1.44 bits per heavy atom. The summed E-state index contributed by atoms with van der Waals surface area (Å²) in [5.41, 5.74) is 2.76. The minimum Gasteiger partial charge on any atom is -0.445 e. The van der Waals surface area contributed by atoms with Crippen LogP contribution in [0.25, 0.3) is 4.85 Å². The van der Waals surface area contributed by atoms with Crippen LogP contribution in [0.5, 0.6) is 0 Å². The summed E-state index contributed by atoms with van der Waals surface area (Å²) >= 11 is 0. The number of allylic oxidation sites excluding steroid dienone is 1. The molecule has 1 N–H and O–H groups in total. The van der Waals surface area contributed by atoms with E-state index >= 15 is 0 Å². The molecule has 0 saturated carbocycles. The van der Waals surface area contributed by atoms with Crippen molar-refractivity contribution in [2.75, 3.05) is 6.54 Å². The molecule has 2 atom stereocenters. The quantitative estimate of drug-likeness (QED) is 0.833. The van der Waals surface area contributed by atoms with Crippen molar-refractivity contribution in [1.82, 2.24) is 5.32 Å². The van der Waals surface area contributed by atoms with E-state index in [1.807, 2.05) is 37.3 Å². The smallest absolute Gasteiger partial charge is 0.407 e. The lowest BCUT2D eigenvalue weighted by atomic mass is 9.85. The summed E-state index contributed by atoms with van der Waals surface area (Å²) in [4.78, 5) is 19.7. The van der Waals surface area contributed by atoms with Gasteiger partial charge in [-0.1, -0.05) is 37.3 Å². The maximum atomic E-state index is 11.7. The number of hydrogen-bond donors (Lipinski definition) is 1. The molecule has 1 aliphatic heterocycles. The normalized spacial score (nSPS) is 19.4. The largest absolute Gasteiger partial charge is 0.445 e. The van der Waals surface area contributed by atoms with E-state index in [1.165, 1.54) is 0 Å². The number of carbonyl (C=O) groups excluding carboxylic acids is 1. The first-order valence-electron chi connectivity index (χ1n) is 8.06. The number of alkyl carbamates (subject to hydrolysis) is 1. The number of hydrogen-bond acceptors (Lipinski definition) is 4. The minimum atomic E-state index is -0.506. The van der Waals surface area contributed by atoms with Gasteiger partial charge < -0.3 is 10.1 Å². The number of ether oxygens (including phenoxy) is 1. The van der Waals surface area contributed by atoms with Crippen molar-refractivity contribution in [2.45, 2.75) is 26.9 Å². The highest BCUT2D eigenvalue weighted by Gasteiger charge is 2.30. The number of nitriles is 1. The molecule has 128 valence electrons. The van der Waals surface area contributed by atoms with Gasteiger partial charge in [0.1, 0.15) is 6.61 Å². The van der Waals surface area contributed by atoms with Gasteiger partial charge in [0, 0.05) is 23.9 Å². The van der Waals surface area contributed by atoms with Gasteiger partial charge in [0.15, 0.2) is 5.70 Å². The molecule has 0 fully saturated rings. The predicted octanol–water partition coefficient (Wildman–Crippen LogP) is 3.68. The molecule has 25 heavy (non-hydrogen) atoms. The minimum absolute atomic E-state index is 0.181. The first-order valence-corrected chi connectivity index (χ1v) is 8.06. The Morgan fingerprint density at radius 2 is 2.16 bits per heavy atom. The third kappa shape index (κ3) is 4.68. The fraction of sp³-hybridized carbons (Fsp3) is 0.368. The molecule has 0 radical (unpaired) electrons. The zero-order valence-corrected chi connectivity index (χ0v) is 14.3. The molecular formula is C19H20N4O2. The molecule has 0 bridgehead atoms. The lowest BCUT2D eigenvalue weighted by Gasteiger charge is -2.24. The van der Waals surface area contributed by atoms with Crippen molar-refractivity contribution in [2.24, 2.45) is 16.8 Å². The second kappa shape index (κ2) is 8.65. The lowest BCUT2D eigenvalue weighted by molar-refractivity contribution is 0.140. The first-order chi connectivity index (χ1) is 12.1. The van der Waals surface area contributed by atoms with Crippen LogP contribution in [0.2, 0.25) is 0 Å². The van der Waals surface area contributed by atoms with E-state index in [9.17, 15) is 10.1 Å². The summed E-state index contributed by atoms with van der Waals surface area (Å²) in [5.74, 6) is -0.545. The molecule has 1 heterocycles. The molecule has 0 spiro atoms. The fourth-order valence-corrected chi connectivity index (χ4v) is 2.73. The van der Waals surface area contributed by atoms with Crippen molar-refractivity contribution < 1.29 is 9.53 Å². The third-order valence-electron chi connectivity index (χ3n) is 4.09. The van der Waals surface area contributed by atoms with E-state index < -0.39 is 6.09 Å². The van der Waals surface area contributed by atoms with Crippen LogP contribution < -0.4 is 5.32 Å². The van der Waals surface area contributed by atoms with Crippen LogP contribution in [-0.2, 0) is 11.3 Å². The van der Waals surface area contributed by atoms with E-state index in [4.69, 9.17) is 11.3 Å². The zero-order chi connectivity index (χ0) is 18.2. The maximum absolute atomic E-state index is 11.7. The fourth-order valence-electron chi connectivity index (χ4n) is 2.73. The van der Waals surface area contributed by atoms with Gasteiger partial charge in [-0.2, -0.15) is 5.26 Å². The van der Waals surface area contributed by atoms with Crippen molar-refractivity contribution in [3.8, 4) is 6.07 Å². The van der Waals surface area contributed by atoms with E-state index in [1.54, 1.807) is 6.92 Å². The summed E-state index contributed by atoms with van der Waals surface area (Å²) in [6.45, 7) is 11.5. The number of carbonyl (C=O) groups is 1. The van der Waals surface area contributed by atoms with Gasteiger partial charge in [-0.3, -0.25) is 4.99 Å². The molecule has 1 aromatic rings. The highest BCUT2D eigenvalue weighted by Crippen LogP contribution is 2.32. The maximum Gasteiger partial charge on any atom is 0.407 e. The molecule has 0 aliphatic carbocycles. The van der Waals surface area contributed by atoms with Gasteiger partial charge in [-0.05, 0) is 18.9 Å². The average molecular weight is 336 g/mol. The standard InChI is InChI=1S/C19H20N4O2/c1-13-16(11-20)14(2)23-17(18(13)21-3)9-10-22-19(24)25-12-15-7-5-4-6-8-15/h4-8,13,16H,9-10,12H2,1-2H3,(H,22,24)/t13-,16?/m1/s1. The zero-order valence-electron chi connectivity index (χ0n) is 14.3. The molecular weight excluding hydrogens is 316 g/mol. The van der Waals surface area contributed by atoms with Gasteiger partial charge in [-0.15, -0.1) is 0 Å². The van der Waals surface area contributed by atoms with Crippen LogP contribution in [0.3, 0.4) is 0 Å². The molecule has 6 heteroatoms. The Morgan fingerprint density at radius 3 is 2.80 bits per heavy atom. The van der Waals surface area contributed by atoms with Crippen LogP contribution >= 0.6 is 0 Å². The summed E-state index contributed by atoms with van der Waals surface area (Å²) in [6.07, 6.45) is -0.0777. The second-order valence-corrected chi connectivity index (χ2v) is 5.83. The van der Waals surface area contributed by atoms with Gasteiger partial charge in [0.05, 0.1) is 18.6 Å². The van der Waals surface area contributed by atoms with Crippen LogP contribution in [0.1, 0.15) is 25.8 Å². The Labute approximate surface area is 147 Å². The molecule has 0 aromatic heterocycles. The molecule has 6 nitrogen and oxygen atoms in total. The Kier molecular flexibility index (Phi) is 6.31. The molecule has 0 saturated heterocycles. The number of amides is 1. The van der Waals surface area contributed by atoms with Gasteiger partial charge in [-0.25, -0.2) is 9.64 Å². The molecule has 1 aromatic carbocycles. The molecule has 1 aliphatic rings. The van der Waals surface area contributed by atoms with Crippen LogP contribution in [-0.4, -0.2) is 18.3 Å². The monoisotopic (exact) mass is 336 g/mol. The second-order valence-electron chi connectivity index (χ2n) is 5.83. The summed E-state index contributed by atoms with van der Waals surface area (Å²) < 4.78 is 5.14. The van der Waals surface area contributed by atoms with Gasteiger partial charge in [0.25, 0.3) is 0 Å². The van der Waals surface area contributed by atoms with Crippen molar-refractivity contribution in [3.63, 3.8) is 0 Å². The lowest BCUT2D eigenvalue weighted by Crippen LogP contribution is -2.27. The van der Waals surface area contributed by atoms with Crippen LogP contribution in [0.4, 0.5) is 4.79 Å². The van der Waals surface area contributed by atoms with Crippen molar-refractivity contribution in [1.29, 1.82) is 5.26 Å². The Balaban J connectivity index is 1.87. The number of aliphatic imine (C=N–C) groups is 1. The summed E-state index contributed by atoms with van der Waals surface area (Å²) in [6, 6.07) is 11.6. The third-order valence-corrected chi connectivity index (χ3v) is 4.09. The number of nitrogens with zero attached hydrogens (tertiary/aromatic N) is 3. The summed E-state index contributed by atoms with van der Waals surface area (Å²) in [5, 5.41) is 11.9. The van der Waals surface area contributed by atoms with Crippen molar-refractivity contribution >= 4 is 11.8 Å². The highest BCUT2D eigenvalue weighted by atomic mass is 16.5. The van der Waals surface area contributed by atoms with Gasteiger partial charge in [0.2, 0.25) is 0 Å². The van der Waals surface area contributed by atoms with E-state index in [-0.39, 0.29) is 18.4 Å². The van der Waals surface area contributed by atoms with Crippen LogP contribution in [0, 0.1) is 29.7 Å². The van der Waals surface area contributed by atoms with E-state index in [2.05, 4.69) is 21.2 Å². The topological polar surface area (TPSA) is 78.8 Å². The Hall–Kier alpha value is -3.12. The van der Waals surface area contributed by atoms with E-state index in [0.29, 0.717) is 30.1 Å². The SMILES string of the molecule is [C-]#[N+]C1=C(CCNC(=O)OCc2ccccc2)N=C(C)C(C#N)[C@H]1C. The first kappa shape index (κ1) is 18.2. The molecule has 1 amide bonds. The number of nitrogens with one attached hydrogen (secondary N) is 1. The average Bonchev–Trinajstić information content (AvgIpc) is 2.61. The molecule has 2 rings (SSSR count). The van der Waals surface area contributed by atoms with Gasteiger partial charge >= 0.3 is 6.09 Å². The summed E-state index contributed by atoms with van der Waals surface area (Å²) in [7, 11) is 0. The van der Waals surface area contributed by atoms with E-state index in [0.717, 1.165) is 5.56 Å². The number of rotatable bonds is 5. The Bertz CT molecular complexity index is 769. The van der Waals surface area contributed by atoms with Crippen LogP contribution in [0.15, 0.2) is 46.7 Å².